The number of carbonyl (C=O) groups excluding carboxylic acids is 3. The van der Waals surface area contributed by atoms with Gasteiger partial charge in [0.1, 0.15) is 34.7 Å². The molecule has 0 aromatic heterocycles. The van der Waals surface area contributed by atoms with E-state index in [1.54, 1.807) is 14.0 Å². The van der Waals surface area contributed by atoms with Crippen LogP contribution in [0.25, 0.3) is 11.6 Å². The number of benzene rings is 2. The summed E-state index contributed by atoms with van der Waals surface area (Å²) >= 11 is 0. The summed E-state index contributed by atoms with van der Waals surface area (Å²) in [6, 6.07) is 4.01. The number of likely N-dealkylation sites (tertiary alicyclic amines) is 1. The zero-order valence-electron chi connectivity index (χ0n) is 38.5. The Bertz CT molecular complexity index is 2500. The number of rotatable bonds is 14. The van der Waals surface area contributed by atoms with Gasteiger partial charge in [0.25, 0.3) is 0 Å². The zero-order valence-corrected chi connectivity index (χ0v) is 38.5. The number of hydrogen-bond donors (Lipinski definition) is 5. The van der Waals surface area contributed by atoms with Crippen molar-refractivity contribution in [3.63, 3.8) is 0 Å². The minimum absolute atomic E-state index is 0.00412. The molecule has 7 aliphatic rings. The fourth-order valence-corrected chi connectivity index (χ4v) is 12.2. The number of ether oxygens (including phenoxy) is 5. The van der Waals surface area contributed by atoms with Crippen LogP contribution in [-0.4, -0.2) is 133 Å². The first-order chi connectivity index (χ1) is 32.6. The lowest BCUT2D eigenvalue weighted by atomic mass is 9.60. The van der Waals surface area contributed by atoms with E-state index in [1.165, 1.54) is 0 Å². The second-order valence-electron chi connectivity index (χ2n) is 19.2. The van der Waals surface area contributed by atoms with Crippen molar-refractivity contribution in [1.29, 1.82) is 0 Å². The van der Waals surface area contributed by atoms with Crippen LogP contribution in [0.3, 0.4) is 0 Å². The smallest absolute Gasteiger partial charge is 0.375 e. The number of carbonyl (C=O) groups is 3. The van der Waals surface area contributed by atoms with E-state index in [1.807, 2.05) is 18.2 Å². The SMILES string of the molecule is CCOC(=O)C1=C(C=O)/C2=C3\C[C@H](CO)C(=O)[C@H](C3)c3cc4c(cc3CC[C@@H](CO)COc3c5c(c(CO)c(c32)O1)O[C@H]([C@@]1(O)[C@H](CCCO)C=C[C@@H]2CN(CCCOC)CC[C@@H]21)C5)=NCC=4. The summed E-state index contributed by atoms with van der Waals surface area (Å²) in [4.78, 5) is 49.2. The fourth-order valence-electron chi connectivity index (χ4n) is 12.2. The number of methoxy groups -OCH3 is 1. The number of ketones is 1. The van der Waals surface area contributed by atoms with Crippen LogP contribution in [0.4, 0.5) is 0 Å². The van der Waals surface area contributed by atoms with Gasteiger partial charge >= 0.3 is 5.97 Å². The van der Waals surface area contributed by atoms with Gasteiger partial charge in [-0.15, -0.1) is 0 Å². The molecule has 15 nitrogen and oxygen atoms in total. The van der Waals surface area contributed by atoms with E-state index < -0.39 is 54.4 Å². The van der Waals surface area contributed by atoms with Crippen LogP contribution in [0.1, 0.15) is 85.6 Å². The Kier molecular flexibility index (Phi) is 14.2. The maximum absolute atomic E-state index is 14.5. The molecule has 5 heterocycles. The predicted octanol–water partition coefficient (Wildman–Crippen LogP) is 2.41. The van der Waals surface area contributed by atoms with Crippen molar-refractivity contribution in [2.75, 3.05) is 72.9 Å². The lowest BCUT2D eigenvalue weighted by Gasteiger charge is -2.53. The highest BCUT2D eigenvalue weighted by atomic mass is 16.6. The highest BCUT2D eigenvalue weighted by Crippen LogP contribution is 2.59. The van der Waals surface area contributed by atoms with Crippen molar-refractivity contribution in [3.8, 4) is 17.2 Å². The number of esters is 1. The number of Topliss-reactive ketones (excluding diaryl/α,β-unsaturated/α-hetero) is 1. The Morgan fingerprint density at radius 1 is 1.04 bits per heavy atom. The lowest BCUT2D eigenvalue weighted by Crippen LogP contribution is -2.62. The van der Waals surface area contributed by atoms with Gasteiger partial charge < -0.3 is 54.1 Å². The van der Waals surface area contributed by atoms with Crippen LogP contribution in [0, 0.1) is 29.6 Å². The molecule has 1 saturated carbocycles. The highest BCUT2D eigenvalue weighted by molar-refractivity contribution is 6.11. The number of aldehydes is 1. The summed E-state index contributed by atoms with van der Waals surface area (Å²) in [6.07, 6.45) is 9.82. The normalized spacial score (nSPS) is 29.8. The van der Waals surface area contributed by atoms with Crippen LogP contribution >= 0.6 is 0 Å². The standard InChI is InChI=1S/C52H64N2O13/c1-3-64-51(61)50-39(26-58)44-33-18-34(25-57)46(60)37(20-33)36-19-31-11-13-53-42(31)21-30(36)8-7-29(24-56)28-65-48-38-22-43(66-47(38)40(27-59)49(67-50)45(44)48)52(62)35(6-4-16-55)10-9-32-23-54(14-5-17-63-2)15-12-41(32)52/h9-11,19,21,26,29,32,34-35,37,41,43,55-57,59,62H,3-8,12-18,20,22-25,27-28H2,1-2H3/b44-33-/t29-,32+,34+,35+,37+,41-,43-,52+/m0/s1. The molecule has 8 atom stereocenters. The van der Waals surface area contributed by atoms with Gasteiger partial charge in [0.2, 0.25) is 5.76 Å². The molecule has 1 saturated heterocycles. The lowest BCUT2D eigenvalue weighted by molar-refractivity contribution is -0.154. The molecule has 360 valence electrons. The first kappa shape index (κ1) is 47.3. The van der Waals surface area contributed by atoms with E-state index in [0.717, 1.165) is 47.8 Å². The van der Waals surface area contributed by atoms with Crippen molar-refractivity contribution in [2.24, 2.45) is 34.6 Å². The molecule has 2 aromatic carbocycles. The van der Waals surface area contributed by atoms with Gasteiger partial charge in [0.15, 0.2) is 6.29 Å². The Balaban J connectivity index is 1.24. The molecule has 0 radical (unpaired) electrons. The van der Waals surface area contributed by atoms with E-state index >= 15 is 0 Å². The van der Waals surface area contributed by atoms with Crippen LogP contribution in [0.5, 0.6) is 17.2 Å². The van der Waals surface area contributed by atoms with Gasteiger partial charge in [-0.3, -0.25) is 14.6 Å². The van der Waals surface area contributed by atoms with Gasteiger partial charge in [0.05, 0.1) is 55.0 Å². The maximum atomic E-state index is 14.5. The molecule has 0 unspecified atom stereocenters. The number of fused-ring (bicyclic) bond motifs is 8. The van der Waals surface area contributed by atoms with Crippen molar-refractivity contribution in [1.82, 2.24) is 4.90 Å². The molecule has 2 bridgehead atoms. The second-order valence-corrected chi connectivity index (χ2v) is 19.2. The summed E-state index contributed by atoms with van der Waals surface area (Å²) in [5.74, 6) is -3.55. The summed E-state index contributed by atoms with van der Waals surface area (Å²) in [7, 11) is 1.70. The number of aliphatic hydroxyl groups is 5. The van der Waals surface area contributed by atoms with Crippen LogP contribution < -0.4 is 24.8 Å². The van der Waals surface area contributed by atoms with Gasteiger partial charge in [0, 0.05) is 87.2 Å². The van der Waals surface area contributed by atoms with Crippen molar-refractivity contribution >= 4 is 29.7 Å². The van der Waals surface area contributed by atoms with E-state index in [9.17, 15) is 39.9 Å². The summed E-state index contributed by atoms with van der Waals surface area (Å²) < 4.78 is 31.3. The van der Waals surface area contributed by atoms with Crippen molar-refractivity contribution < 1.29 is 63.6 Å². The Labute approximate surface area is 390 Å². The average Bonchev–Trinajstić information content (AvgIpc) is 4.01. The predicted molar refractivity (Wildman–Crippen MR) is 245 cm³/mol. The molecule has 2 aromatic rings. The Morgan fingerprint density at radius 2 is 1.90 bits per heavy atom. The molecule has 9 rings (SSSR count). The molecular weight excluding hydrogens is 861 g/mol. The molecular formula is C52H64N2O13. The van der Waals surface area contributed by atoms with Crippen LogP contribution in [0.15, 0.2) is 46.2 Å². The molecule has 67 heavy (non-hydrogen) atoms. The Morgan fingerprint density at radius 3 is 2.64 bits per heavy atom. The number of nitrogens with zero attached hydrogens (tertiary/aromatic N) is 2. The van der Waals surface area contributed by atoms with Gasteiger partial charge in [-0.25, -0.2) is 4.79 Å². The van der Waals surface area contributed by atoms with E-state index in [4.69, 9.17) is 23.7 Å². The minimum atomic E-state index is -1.44. The summed E-state index contributed by atoms with van der Waals surface area (Å²) in [6.45, 7) is 3.80. The molecule has 5 N–H and O–H groups in total. The third kappa shape index (κ3) is 8.48. The monoisotopic (exact) mass is 924 g/mol. The van der Waals surface area contributed by atoms with Crippen LogP contribution in [0.2, 0.25) is 0 Å². The summed E-state index contributed by atoms with van der Waals surface area (Å²) in [5.41, 5.74) is 2.02. The molecule has 0 amide bonds. The fraction of sp³-hybridized carbons (Fsp3) is 0.577. The average molecular weight is 925 g/mol. The number of piperidine rings is 1. The molecule has 2 aliphatic carbocycles. The number of allylic oxidation sites excluding steroid dienone is 3. The molecule has 15 heteroatoms. The van der Waals surface area contributed by atoms with Crippen LogP contribution in [-0.2, 0) is 43.3 Å². The highest BCUT2D eigenvalue weighted by Gasteiger charge is 2.58. The Hall–Kier alpha value is -4.74. The third-order valence-corrected chi connectivity index (χ3v) is 15.5. The molecule has 5 aliphatic heterocycles. The number of aryl methyl sites for hydroxylation is 1. The molecule has 2 fully saturated rings. The second kappa shape index (κ2) is 20.1. The van der Waals surface area contributed by atoms with Crippen molar-refractivity contribution in [3.05, 3.63) is 79.6 Å². The van der Waals surface area contributed by atoms with Crippen molar-refractivity contribution in [2.45, 2.75) is 88.9 Å². The van der Waals surface area contributed by atoms with E-state index in [0.29, 0.717) is 62.7 Å². The minimum Gasteiger partial charge on any atom is -0.492 e. The first-order valence-electron chi connectivity index (χ1n) is 24.2. The van der Waals surface area contributed by atoms with E-state index in [-0.39, 0.29) is 109 Å². The number of aliphatic hydroxyl groups excluding tert-OH is 4. The van der Waals surface area contributed by atoms with Gasteiger partial charge in [-0.05, 0) is 99.2 Å². The van der Waals surface area contributed by atoms with Gasteiger partial charge in [-0.1, -0.05) is 23.8 Å². The molecule has 0 spiro atoms. The van der Waals surface area contributed by atoms with E-state index in [2.05, 4.69) is 22.0 Å². The topological polar surface area (TPSA) is 214 Å². The maximum Gasteiger partial charge on any atom is 0.375 e. The third-order valence-electron chi connectivity index (χ3n) is 15.5. The zero-order chi connectivity index (χ0) is 47.0. The largest absolute Gasteiger partial charge is 0.492 e. The van der Waals surface area contributed by atoms with Gasteiger partial charge in [-0.2, -0.15) is 0 Å². The first-order valence-corrected chi connectivity index (χ1v) is 24.2. The quantitative estimate of drug-likeness (QED) is 0.0798. The number of hydrogen-bond acceptors (Lipinski definition) is 15. The summed E-state index contributed by atoms with van der Waals surface area (Å²) in [5, 5.41) is 58.5.